The van der Waals surface area contributed by atoms with Crippen LogP contribution in [0.5, 0.6) is 0 Å². The lowest BCUT2D eigenvalue weighted by Crippen LogP contribution is -2.77. The van der Waals surface area contributed by atoms with Crippen LogP contribution in [0.3, 0.4) is 0 Å². The van der Waals surface area contributed by atoms with Crippen molar-refractivity contribution in [2.75, 3.05) is 57.5 Å². The first-order chi connectivity index (χ1) is 34.7. The van der Waals surface area contributed by atoms with Crippen LogP contribution in [-0.4, -0.2) is 146 Å². The van der Waals surface area contributed by atoms with Crippen molar-refractivity contribution in [2.24, 2.45) is 5.73 Å². The molecule has 2 N–H and O–H groups in total. The quantitative estimate of drug-likeness (QED) is 0.105. The Morgan fingerprint density at radius 1 is 0.694 bits per heavy atom. The van der Waals surface area contributed by atoms with E-state index >= 15 is 27.6 Å². The fraction of sp³-hybridized carbons (Fsp3) is 0.500. The van der Waals surface area contributed by atoms with Crippen molar-refractivity contribution < 1.29 is 41.8 Å². The number of piperazine rings is 2. The minimum atomic E-state index is -4.46. The molecule has 72 heavy (non-hydrogen) atoms. The molecule has 4 amide bonds. The molecule has 17 nitrogen and oxygen atoms in total. The van der Waals surface area contributed by atoms with Crippen molar-refractivity contribution in [1.82, 2.24) is 29.4 Å². The van der Waals surface area contributed by atoms with Gasteiger partial charge in [-0.1, -0.05) is 104 Å². The van der Waals surface area contributed by atoms with E-state index in [1.807, 2.05) is 46.1 Å². The van der Waals surface area contributed by atoms with E-state index < -0.39 is 52.5 Å². The molecule has 1 aromatic heterocycles. The number of nitrogens with zero attached hydrogens (tertiary/aromatic N) is 7. The molecule has 9 aliphatic heterocycles. The van der Waals surface area contributed by atoms with Gasteiger partial charge in [-0.3, -0.25) is 28.8 Å². The number of nitrogens with two attached hydrogens (primary N) is 1. The number of carbonyl (C=O) groups excluding carboxylic acids is 4. The van der Waals surface area contributed by atoms with Crippen LogP contribution in [0.4, 0.5) is 5.69 Å². The van der Waals surface area contributed by atoms with Crippen LogP contribution in [0.1, 0.15) is 61.8 Å². The SMILES string of the molecule is CN1C(=O)[C@@]23C[C@]4([C@]56C[C@@]78SS[C@@](C)(C(=O)N7[C@H]5N(S(=O)(=O)c5ccccc5)c5ccccc56)N(CCCCn5cc(COCCOCCOCCN)cn5)C8=O)c5ccccc5C[C@@H]4N2C(=O)[C@]1(C)SS3. The lowest BCUT2D eigenvalue weighted by atomic mass is 9.53. The molecule has 10 heterocycles. The van der Waals surface area contributed by atoms with Gasteiger partial charge < -0.3 is 34.6 Å². The number of aromatic nitrogens is 2. The number of sulfonamides is 1. The molecular weight excluding hydrogens is 1020 g/mol. The van der Waals surface area contributed by atoms with Gasteiger partial charge in [-0.05, 0) is 68.0 Å². The molecule has 22 heteroatoms. The maximum atomic E-state index is 16.1. The molecular formula is C50H56N8O9S5. The number of carbonyl (C=O) groups is 4. The molecule has 0 saturated carbocycles. The van der Waals surface area contributed by atoms with E-state index in [4.69, 9.17) is 19.9 Å². The normalized spacial score (nSPS) is 32.7. The van der Waals surface area contributed by atoms with Gasteiger partial charge in [-0.25, -0.2) is 12.7 Å². The summed E-state index contributed by atoms with van der Waals surface area (Å²) in [6.07, 6.45) is 4.32. The zero-order chi connectivity index (χ0) is 50.1. The highest BCUT2D eigenvalue weighted by Crippen LogP contribution is 2.79. The highest BCUT2D eigenvalue weighted by molar-refractivity contribution is 8.78. The fourth-order valence-corrected chi connectivity index (χ4v) is 22.0. The van der Waals surface area contributed by atoms with Crippen molar-refractivity contribution in [3.05, 3.63) is 114 Å². The third-order valence-electron chi connectivity index (χ3n) is 16.5. The molecule has 4 bridgehead atoms. The van der Waals surface area contributed by atoms with Gasteiger partial charge in [-0.2, -0.15) is 5.10 Å². The zero-order valence-corrected chi connectivity index (χ0v) is 44.2. The van der Waals surface area contributed by atoms with Gasteiger partial charge >= 0.3 is 0 Å². The largest absolute Gasteiger partial charge is 0.378 e. The molecule has 380 valence electrons. The molecule has 3 aromatic carbocycles. The zero-order valence-electron chi connectivity index (χ0n) is 40.1. The maximum Gasteiger partial charge on any atom is 0.266 e. The summed E-state index contributed by atoms with van der Waals surface area (Å²) in [5.74, 6) is -0.951. The smallest absolute Gasteiger partial charge is 0.266 e. The van der Waals surface area contributed by atoms with E-state index in [-0.39, 0.29) is 47.9 Å². The molecule has 10 aliphatic rings. The second kappa shape index (κ2) is 17.4. The Kier molecular flexibility index (Phi) is 11.8. The number of fused-ring (bicyclic) bond motifs is 11. The second-order valence-corrected chi connectivity index (χ2v) is 27.5. The number of likely N-dealkylation sites (N-methyl/N-ethyl adjacent to an activating group) is 1. The van der Waals surface area contributed by atoms with Crippen LogP contribution in [0.2, 0.25) is 0 Å². The maximum absolute atomic E-state index is 16.1. The summed E-state index contributed by atoms with van der Waals surface area (Å²) in [4.78, 5) is 63.8. The van der Waals surface area contributed by atoms with E-state index in [0.717, 1.165) is 16.7 Å². The molecule has 14 rings (SSSR count). The van der Waals surface area contributed by atoms with Crippen molar-refractivity contribution >= 4 is 82.5 Å². The van der Waals surface area contributed by atoms with Crippen LogP contribution in [0, 0.1) is 0 Å². The molecule has 8 fully saturated rings. The molecule has 4 aromatic rings. The number of amides is 4. The summed E-state index contributed by atoms with van der Waals surface area (Å²) in [5.41, 5.74) is 6.84. The highest BCUT2D eigenvalue weighted by atomic mass is 33.1. The van der Waals surface area contributed by atoms with Gasteiger partial charge in [0.25, 0.3) is 33.7 Å². The van der Waals surface area contributed by atoms with Gasteiger partial charge in [-0.15, -0.1) is 0 Å². The summed E-state index contributed by atoms with van der Waals surface area (Å²) in [6, 6.07) is 23.2. The number of rotatable bonds is 18. The van der Waals surface area contributed by atoms with Crippen molar-refractivity contribution in [2.45, 2.75) is 107 Å². The molecule has 2 spiro atoms. The molecule has 0 unspecified atom stereocenters. The Labute approximate surface area is 434 Å². The number of aryl methyl sites for hydroxylation is 1. The Morgan fingerprint density at radius 2 is 1.32 bits per heavy atom. The van der Waals surface area contributed by atoms with Crippen LogP contribution < -0.4 is 10.0 Å². The Hall–Kier alpha value is -4.26. The van der Waals surface area contributed by atoms with Gasteiger partial charge in [0, 0.05) is 62.7 Å². The lowest BCUT2D eigenvalue weighted by molar-refractivity contribution is -0.165. The molecule has 0 radical (unpaired) electrons. The summed E-state index contributed by atoms with van der Waals surface area (Å²) >= 11 is 0. The third-order valence-corrected chi connectivity index (χ3v) is 25.6. The first kappa shape index (κ1) is 48.7. The summed E-state index contributed by atoms with van der Waals surface area (Å²) in [5, 5.41) is 4.55. The third kappa shape index (κ3) is 6.38. The summed E-state index contributed by atoms with van der Waals surface area (Å²) in [6.45, 7) is 7.64. The first-order valence-corrected chi connectivity index (χ1v) is 30.1. The number of anilines is 1. The minimum Gasteiger partial charge on any atom is -0.378 e. The van der Waals surface area contributed by atoms with Crippen molar-refractivity contribution in [3.8, 4) is 0 Å². The van der Waals surface area contributed by atoms with Crippen LogP contribution in [0.15, 0.2) is 96.2 Å². The average molecular weight is 1070 g/mol. The number of hydrogen-bond donors (Lipinski definition) is 1. The molecule has 8 saturated heterocycles. The molecule has 1 aliphatic carbocycles. The Balaban J connectivity index is 0.910. The predicted molar refractivity (Wildman–Crippen MR) is 275 cm³/mol. The van der Waals surface area contributed by atoms with E-state index in [2.05, 4.69) is 17.2 Å². The monoisotopic (exact) mass is 1070 g/mol. The van der Waals surface area contributed by atoms with E-state index in [1.54, 1.807) is 78.2 Å². The van der Waals surface area contributed by atoms with Gasteiger partial charge in [0.1, 0.15) is 6.17 Å². The Morgan fingerprint density at radius 3 is 2.08 bits per heavy atom. The summed E-state index contributed by atoms with van der Waals surface area (Å²) in [7, 11) is 2.76. The van der Waals surface area contributed by atoms with Crippen molar-refractivity contribution in [3.63, 3.8) is 0 Å². The standard InChI is InChI=1S/C50H56N8O9S5/c1-45-41(59)56-39-27-34-13-7-8-16-36(34)47(39,31-49(56,70-68-45)43(61)53(45)3)48-32-50-44(62)55(21-12-11-20-54-29-33(28-52-54)30-67-26-25-66-24-23-65-22-19-51)46(2,69-71-50)42(60)57(50)40(48)58(38-18-10-9-17-37(38)48)72(63,64)35-14-5-4-6-15-35/h4-10,13-18,28-29,39-40H,11-12,19-27,30-32,51H2,1-3H3/t39-,40-,45-,46-,47-,48-,49-,50-/m0/s1. The fourth-order valence-electron chi connectivity index (χ4n) is 13.3. The van der Waals surface area contributed by atoms with Crippen LogP contribution in [-0.2, 0) is 73.8 Å². The van der Waals surface area contributed by atoms with E-state index in [0.29, 0.717) is 83.2 Å². The first-order valence-electron chi connectivity index (χ1n) is 24.4. The molecule has 8 atom stereocenters. The number of para-hydroxylation sites is 1. The van der Waals surface area contributed by atoms with Crippen LogP contribution in [0.25, 0.3) is 0 Å². The van der Waals surface area contributed by atoms with E-state index in [9.17, 15) is 0 Å². The lowest BCUT2D eigenvalue weighted by Gasteiger charge is -2.59. The number of benzene rings is 3. The predicted octanol–water partition coefficient (Wildman–Crippen LogP) is 4.90. The van der Waals surface area contributed by atoms with Gasteiger partial charge in [0.05, 0.1) is 61.8 Å². The highest BCUT2D eigenvalue weighted by Gasteiger charge is 2.88. The second-order valence-electron chi connectivity index (χ2n) is 20.1. The number of unbranched alkanes of at least 4 members (excludes halogenated alkanes) is 1. The number of hydrogen-bond acceptors (Lipinski definition) is 15. The van der Waals surface area contributed by atoms with Gasteiger partial charge in [0.2, 0.25) is 0 Å². The van der Waals surface area contributed by atoms with E-state index in [1.165, 1.54) is 47.5 Å². The van der Waals surface area contributed by atoms with Crippen molar-refractivity contribution in [1.29, 1.82) is 0 Å². The average Bonchev–Trinajstić information content (AvgIpc) is 4.18. The van der Waals surface area contributed by atoms with Gasteiger partial charge in [0.15, 0.2) is 19.5 Å². The summed E-state index contributed by atoms with van der Waals surface area (Å²) < 4.78 is 51.4. The number of ether oxygens (including phenoxy) is 3. The minimum absolute atomic E-state index is 0.0452. The Bertz CT molecular complexity index is 3010. The van der Waals surface area contributed by atoms with Crippen LogP contribution >= 0.6 is 43.2 Å². The topological polar surface area (TPSA) is 190 Å².